The number of pyridine rings is 1. The second kappa shape index (κ2) is 6.05. The first kappa shape index (κ1) is 15.4. The summed E-state index contributed by atoms with van der Waals surface area (Å²) in [5.74, 6) is 0.395. The van der Waals surface area contributed by atoms with E-state index in [0.29, 0.717) is 18.1 Å². The zero-order valence-corrected chi connectivity index (χ0v) is 14.1. The zero-order valence-electron chi connectivity index (χ0n) is 14.1. The van der Waals surface area contributed by atoms with E-state index in [2.05, 4.69) is 15.3 Å². The molecule has 1 atom stereocenters. The highest BCUT2D eigenvalue weighted by molar-refractivity contribution is 5.94. The number of benzene rings is 1. The number of para-hydroxylation sites is 2. The van der Waals surface area contributed by atoms with Crippen molar-refractivity contribution in [1.29, 1.82) is 0 Å². The third-order valence-electron chi connectivity index (χ3n) is 4.35. The highest BCUT2D eigenvalue weighted by Crippen LogP contribution is 2.39. The predicted octanol–water partition coefficient (Wildman–Crippen LogP) is 3.28. The number of imidazole rings is 1. The number of carbonyl (C=O) groups excluding carboxylic acids is 1. The van der Waals surface area contributed by atoms with Crippen LogP contribution in [0.4, 0.5) is 5.95 Å². The number of nitrogens with zero attached hydrogens (tertiary/aromatic N) is 3. The number of nitrogens with one attached hydrogen (secondary N) is 1. The number of rotatable bonds is 3. The van der Waals surface area contributed by atoms with Crippen molar-refractivity contribution < 1.29 is 9.53 Å². The Hall–Kier alpha value is -3.15. The summed E-state index contributed by atoms with van der Waals surface area (Å²) in [6.07, 6.45) is 3.46. The molecule has 0 spiro atoms. The number of aromatic nitrogens is 3. The minimum atomic E-state index is -0.322. The Balaban J connectivity index is 1.98. The van der Waals surface area contributed by atoms with E-state index in [0.717, 1.165) is 22.3 Å². The third-order valence-corrected chi connectivity index (χ3v) is 4.35. The molecule has 2 aromatic heterocycles. The van der Waals surface area contributed by atoms with E-state index in [1.807, 2.05) is 54.8 Å². The van der Waals surface area contributed by atoms with Gasteiger partial charge in [-0.25, -0.2) is 9.78 Å². The molecule has 3 heterocycles. The van der Waals surface area contributed by atoms with Gasteiger partial charge in [0.05, 0.1) is 29.3 Å². The van der Waals surface area contributed by atoms with Crippen LogP contribution in [0.2, 0.25) is 0 Å². The first-order valence-electron chi connectivity index (χ1n) is 8.22. The number of carbonyl (C=O) groups is 1. The van der Waals surface area contributed by atoms with Crippen LogP contribution in [-0.4, -0.2) is 27.1 Å². The van der Waals surface area contributed by atoms with Crippen molar-refractivity contribution in [3.05, 3.63) is 65.6 Å². The van der Waals surface area contributed by atoms with E-state index < -0.39 is 0 Å². The fourth-order valence-electron chi connectivity index (χ4n) is 3.30. The molecule has 0 fully saturated rings. The van der Waals surface area contributed by atoms with Crippen LogP contribution in [-0.2, 0) is 9.53 Å². The number of fused-ring (bicyclic) bond motifs is 3. The van der Waals surface area contributed by atoms with Gasteiger partial charge in [0.2, 0.25) is 5.95 Å². The maximum absolute atomic E-state index is 12.7. The van der Waals surface area contributed by atoms with E-state index in [1.165, 1.54) is 0 Å². The number of hydrogen-bond acceptors (Lipinski definition) is 5. The average Bonchev–Trinajstić information content (AvgIpc) is 2.99. The molecule has 6 heteroatoms. The molecule has 0 saturated carbocycles. The summed E-state index contributed by atoms with van der Waals surface area (Å²) < 4.78 is 7.37. The molecule has 1 aromatic carbocycles. The van der Waals surface area contributed by atoms with Crippen LogP contribution >= 0.6 is 0 Å². The largest absolute Gasteiger partial charge is 0.463 e. The summed E-state index contributed by atoms with van der Waals surface area (Å²) >= 11 is 0. The number of hydrogen-bond donors (Lipinski definition) is 1. The van der Waals surface area contributed by atoms with Gasteiger partial charge in [-0.05, 0) is 43.7 Å². The lowest BCUT2D eigenvalue weighted by Gasteiger charge is -2.30. The Morgan fingerprint density at radius 3 is 2.76 bits per heavy atom. The van der Waals surface area contributed by atoms with E-state index in [-0.39, 0.29) is 12.0 Å². The quantitative estimate of drug-likeness (QED) is 0.745. The Morgan fingerprint density at radius 2 is 2.00 bits per heavy atom. The summed E-state index contributed by atoms with van der Waals surface area (Å²) in [5.41, 5.74) is 4.14. The fraction of sp³-hybridized carbons (Fsp3) is 0.211. The highest BCUT2D eigenvalue weighted by Gasteiger charge is 2.34. The molecular weight excluding hydrogens is 316 g/mol. The van der Waals surface area contributed by atoms with Crippen molar-refractivity contribution in [3.8, 4) is 0 Å². The summed E-state index contributed by atoms with van der Waals surface area (Å²) in [4.78, 5) is 21.5. The third kappa shape index (κ3) is 2.46. The molecule has 4 rings (SSSR count). The molecule has 25 heavy (non-hydrogen) atoms. The van der Waals surface area contributed by atoms with Gasteiger partial charge in [0.15, 0.2) is 0 Å². The van der Waals surface area contributed by atoms with Gasteiger partial charge in [-0.2, -0.15) is 0 Å². The molecule has 0 aliphatic carbocycles. The normalized spacial score (nSPS) is 16.5. The molecule has 0 amide bonds. The molecule has 0 bridgehead atoms. The maximum Gasteiger partial charge on any atom is 0.338 e. The topological polar surface area (TPSA) is 69.0 Å². The van der Waals surface area contributed by atoms with Gasteiger partial charge < -0.3 is 10.1 Å². The molecule has 0 radical (unpaired) electrons. The first-order valence-corrected chi connectivity index (χ1v) is 8.22. The molecule has 126 valence electrons. The molecular formula is C19H18N4O2. The highest BCUT2D eigenvalue weighted by atomic mass is 16.5. The molecule has 1 N–H and O–H groups in total. The minimum absolute atomic E-state index is 0.314. The van der Waals surface area contributed by atoms with Crippen molar-refractivity contribution in [2.45, 2.75) is 19.9 Å². The van der Waals surface area contributed by atoms with Crippen molar-refractivity contribution in [3.63, 3.8) is 0 Å². The van der Waals surface area contributed by atoms with E-state index in [4.69, 9.17) is 4.74 Å². The lowest BCUT2D eigenvalue weighted by Crippen LogP contribution is -2.29. The molecule has 6 nitrogen and oxygen atoms in total. The Morgan fingerprint density at radius 1 is 1.24 bits per heavy atom. The standard InChI is InChI=1S/C19H18N4O2/c1-3-25-18(24)16-12(2)21-19-22-14-6-4-5-7-15(14)23(19)17(16)13-8-10-20-11-9-13/h4-11,17H,3H2,1-2H3,(H,21,22)/t17-/m0/s1. The van der Waals surface area contributed by atoms with Gasteiger partial charge in [0.1, 0.15) is 0 Å². The van der Waals surface area contributed by atoms with E-state index >= 15 is 0 Å². The molecule has 0 unspecified atom stereocenters. The Kier molecular flexibility index (Phi) is 3.72. The lowest BCUT2D eigenvalue weighted by atomic mass is 9.96. The van der Waals surface area contributed by atoms with Crippen molar-refractivity contribution in [2.75, 3.05) is 11.9 Å². The van der Waals surface area contributed by atoms with Crippen LogP contribution in [0, 0.1) is 0 Å². The van der Waals surface area contributed by atoms with Crippen molar-refractivity contribution in [2.24, 2.45) is 0 Å². The van der Waals surface area contributed by atoms with Gasteiger partial charge >= 0.3 is 5.97 Å². The zero-order chi connectivity index (χ0) is 17.4. The van der Waals surface area contributed by atoms with Gasteiger partial charge in [-0.3, -0.25) is 9.55 Å². The smallest absolute Gasteiger partial charge is 0.338 e. The van der Waals surface area contributed by atoms with Crippen LogP contribution in [0.5, 0.6) is 0 Å². The second-order valence-corrected chi connectivity index (χ2v) is 5.86. The van der Waals surface area contributed by atoms with Crippen molar-refractivity contribution in [1.82, 2.24) is 14.5 Å². The lowest BCUT2D eigenvalue weighted by molar-refractivity contribution is -0.139. The summed E-state index contributed by atoms with van der Waals surface area (Å²) in [6, 6.07) is 11.4. The fourth-order valence-corrected chi connectivity index (χ4v) is 3.30. The van der Waals surface area contributed by atoms with Crippen LogP contribution in [0.15, 0.2) is 60.1 Å². The number of ether oxygens (including phenoxy) is 1. The van der Waals surface area contributed by atoms with Crippen LogP contribution < -0.4 is 5.32 Å². The SMILES string of the molecule is CCOC(=O)C1=C(C)Nc2nc3ccccc3n2[C@H]1c1ccncc1. The molecule has 1 aliphatic heterocycles. The Labute approximate surface area is 145 Å². The summed E-state index contributed by atoms with van der Waals surface area (Å²) in [5, 5.41) is 3.25. The first-order chi connectivity index (χ1) is 12.2. The Bertz CT molecular complexity index is 976. The number of esters is 1. The van der Waals surface area contributed by atoms with Gasteiger partial charge in [0.25, 0.3) is 0 Å². The minimum Gasteiger partial charge on any atom is -0.463 e. The summed E-state index contributed by atoms with van der Waals surface area (Å²) in [6.45, 7) is 4.02. The van der Waals surface area contributed by atoms with E-state index in [9.17, 15) is 4.79 Å². The molecule has 0 saturated heterocycles. The number of anilines is 1. The van der Waals surface area contributed by atoms with Crippen molar-refractivity contribution >= 4 is 23.0 Å². The van der Waals surface area contributed by atoms with Gasteiger partial charge in [-0.1, -0.05) is 12.1 Å². The average molecular weight is 334 g/mol. The predicted molar refractivity (Wildman–Crippen MR) is 95.1 cm³/mol. The van der Waals surface area contributed by atoms with Crippen LogP contribution in [0.1, 0.15) is 25.5 Å². The molecule has 3 aromatic rings. The van der Waals surface area contributed by atoms with E-state index in [1.54, 1.807) is 12.4 Å². The maximum atomic E-state index is 12.7. The number of allylic oxidation sites excluding steroid dienone is 1. The molecule has 1 aliphatic rings. The summed E-state index contributed by atoms with van der Waals surface area (Å²) in [7, 11) is 0. The van der Waals surface area contributed by atoms with Crippen LogP contribution in [0.3, 0.4) is 0 Å². The second-order valence-electron chi connectivity index (χ2n) is 5.86. The van der Waals surface area contributed by atoms with Gasteiger partial charge in [0, 0.05) is 18.1 Å². The monoisotopic (exact) mass is 334 g/mol. The van der Waals surface area contributed by atoms with Gasteiger partial charge in [-0.15, -0.1) is 0 Å². The van der Waals surface area contributed by atoms with Crippen LogP contribution in [0.25, 0.3) is 11.0 Å².